The predicted octanol–water partition coefficient (Wildman–Crippen LogP) is 3.51. The summed E-state index contributed by atoms with van der Waals surface area (Å²) in [5, 5.41) is 25.7. The fraction of sp³-hybridized carbons (Fsp3) is 0.581. The summed E-state index contributed by atoms with van der Waals surface area (Å²) in [5.74, 6) is 5.32. The van der Waals surface area contributed by atoms with Crippen LogP contribution in [0.3, 0.4) is 0 Å². The van der Waals surface area contributed by atoms with Gasteiger partial charge in [0.25, 0.3) is 5.91 Å². The minimum atomic E-state index is -1.82. The number of nitrogens with zero attached hydrogens (tertiary/aromatic N) is 3. The number of H-pyrrole nitrogens is 1. The monoisotopic (exact) mass is 754 g/mol. The van der Waals surface area contributed by atoms with E-state index in [9.17, 15) is 15.0 Å². The molecule has 1 saturated carbocycles. The molecule has 2 bridgehead atoms. The first-order chi connectivity index (χ1) is 25.8. The number of aromatic nitrogens is 1. The van der Waals surface area contributed by atoms with E-state index in [0.29, 0.717) is 50.0 Å². The van der Waals surface area contributed by atoms with Crippen LogP contribution < -0.4 is 20.9 Å². The third-order valence-corrected chi connectivity index (χ3v) is 14.7. The van der Waals surface area contributed by atoms with Crippen molar-refractivity contribution in [3.63, 3.8) is 0 Å². The van der Waals surface area contributed by atoms with Gasteiger partial charge in [-0.15, -0.1) is 0 Å². The third kappa shape index (κ3) is 4.94. The molecule has 3 aromatic rings. The highest BCUT2D eigenvalue weighted by Gasteiger charge is 2.74. The van der Waals surface area contributed by atoms with E-state index in [2.05, 4.69) is 62.4 Å². The van der Waals surface area contributed by atoms with Crippen LogP contribution in [0.1, 0.15) is 75.8 Å². The second-order valence-corrected chi connectivity index (χ2v) is 17.5. The first-order valence-electron chi connectivity index (χ1n) is 19.6. The van der Waals surface area contributed by atoms with E-state index in [1.165, 1.54) is 7.11 Å². The van der Waals surface area contributed by atoms with Crippen molar-refractivity contribution in [2.75, 3.05) is 58.9 Å². The van der Waals surface area contributed by atoms with Crippen LogP contribution in [0.15, 0.2) is 48.6 Å². The van der Waals surface area contributed by atoms with Gasteiger partial charge in [0.1, 0.15) is 11.2 Å². The molecule has 6 heterocycles. The second kappa shape index (κ2) is 12.8. The van der Waals surface area contributed by atoms with Crippen LogP contribution in [0.2, 0.25) is 0 Å². The molecular weight excluding hydrogens is 697 g/mol. The SMILES string of the molecule is C.CC[C@]1(O)C[C@@H]2CN(CCc3c([nH]c4ccccc34)[C@@](C(=O)OC)(c3cc4c(cc3OC)N(C)[C@@H]3[C@]45CCN4CC=C[C@@](C)(C[C@]3(O)C(=O)NN)[C@H]45)C2)C1. The number of likely N-dealkylation sites (N-methyl/N-ethyl adjacent to an activating group) is 1. The molecule has 1 unspecified atom stereocenters. The number of esters is 1. The average molecular weight is 755 g/mol. The maximum atomic E-state index is 15.2. The molecule has 12 heteroatoms. The van der Waals surface area contributed by atoms with Crippen molar-refractivity contribution in [3.05, 3.63) is 70.9 Å². The standard InChI is InChI=1S/C42H54N6O6.CH4/c1-6-39(51)20-25-21-41(37(50)54-5,33-27(12-16-47(22-25)24-39)26-10-7-8-11-30(26)44-33)29-18-28-31(19-32(29)53-4)46(3)35-40(28)14-17-48-15-9-13-38(2,34(40)48)23-42(35,52)36(49)45-43;/h7-11,13,18-19,25,34-35,44,51-52H,6,12,14-17,20-24,43H2,1-5H3,(H,45,49);1H4/t25-,34-,35+,38-,39-,40+,41-,42+;/m0./s1. The number of aromatic amines is 1. The Kier molecular flexibility index (Phi) is 8.83. The minimum absolute atomic E-state index is 0. The number of nitrogens with two attached hydrogens (primary N) is 1. The zero-order valence-corrected chi connectivity index (χ0v) is 32.1. The molecule has 12 nitrogen and oxygen atoms in total. The minimum Gasteiger partial charge on any atom is -0.496 e. The van der Waals surface area contributed by atoms with Gasteiger partial charge in [0.15, 0.2) is 5.60 Å². The van der Waals surface area contributed by atoms with Crippen LogP contribution in [-0.2, 0) is 31.6 Å². The summed E-state index contributed by atoms with van der Waals surface area (Å²) in [5.41, 5.74) is 2.35. The maximum absolute atomic E-state index is 15.2. The molecule has 1 aromatic heterocycles. The summed E-state index contributed by atoms with van der Waals surface area (Å²) < 4.78 is 12.3. The molecule has 2 saturated heterocycles. The summed E-state index contributed by atoms with van der Waals surface area (Å²) in [4.78, 5) is 39.7. The number of anilines is 1. The number of fused-ring (bicyclic) bond motifs is 6. The predicted molar refractivity (Wildman–Crippen MR) is 212 cm³/mol. The molecule has 3 fully saturated rings. The molecule has 6 N–H and O–H groups in total. The number of aliphatic hydroxyl groups is 2. The van der Waals surface area contributed by atoms with Crippen LogP contribution >= 0.6 is 0 Å². The van der Waals surface area contributed by atoms with Crippen molar-refractivity contribution >= 4 is 28.5 Å². The van der Waals surface area contributed by atoms with Crippen molar-refractivity contribution in [2.24, 2.45) is 17.2 Å². The Labute approximate surface area is 324 Å². The first kappa shape index (κ1) is 38.0. The Balaban J connectivity index is 0.00000427. The number of amides is 1. The normalized spacial score (nSPS) is 37.3. The van der Waals surface area contributed by atoms with Gasteiger partial charge >= 0.3 is 5.97 Å². The van der Waals surface area contributed by atoms with Crippen LogP contribution in [0.4, 0.5) is 5.69 Å². The van der Waals surface area contributed by atoms with E-state index in [1.54, 1.807) is 7.11 Å². The lowest BCUT2D eigenvalue weighted by atomic mass is 9.50. The van der Waals surface area contributed by atoms with E-state index in [0.717, 1.165) is 59.6 Å². The maximum Gasteiger partial charge on any atom is 0.322 e. The lowest BCUT2D eigenvalue weighted by Crippen LogP contribution is -2.75. The van der Waals surface area contributed by atoms with Crippen LogP contribution in [0, 0.1) is 11.3 Å². The zero-order chi connectivity index (χ0) is 38.0. The van der Waals surface area contributed by atoms with Crippen molar-refractivity contribution in [2.45, 2.75) is 93.9 Å². The van der Waals surface area contributed by atoms with Gasteiger partial charge in [0, 0.05) is 84.0 Å². The van der Waals surface area contributed by atoms with Crippen molar-refractivity contribution in [3.8, 4) is 5.75 Å². The number of piperidine rings is 1. The Hall–Kier alpha value is -3.94. The molecule has 9 atom stereocenters. The molecule has 1 aliphatic carbocycles. The molecule has 1 spiro atoms. The van der Waals surface area contributed by atoms with Gasteiger partial charge in [-0.2, -0.15) is 0 Å². The van der Waals surface area contributed by atoms with E-state index in [-0.39, 0.29) is 25.8 Å². The summed E-state index contributed by atoms with van der Waals surface area (Å²) in [6, 6.07) is 11.7. The van der Waals surface area contributed by atoms with Crippen molar-refractivity contribution < 1.29 is 29.3 Å². The van der Waals surface area contributed by atoms with Gasteiger partial charge < -0.3 is 29.6 Å². The Bertz CT molecular complexity index is 2080. The molecule has 55 heavy (non-hydrogen) atoms. The number of para-hydroxylation sites is 1. The zero-order valence-electron chi connectivity index (χ0n) is 32.1. The lowest BCUT2D eigenvalue weighted by molar-refractivity contribution is -0.158. The molecule has 1 amide bonds. The highest BCUT2D eigenvalue weighted by atomic mass is 16.5. The summed E-state index contributed by atoms with van der Waals surface area (Å²) in [6.07, 6.45) is 7.47. The molecule has 296 valence electrons. The van der Waals surface area contributed by atoms with Crippen LogP contribution in [0.25, 0.3) is 10.9 Å². The Morgan fingerprint density at radius 1 is 1.09 bits per heavy atom. The topological polar surface area (TPSA) is 157 Å². The first-order valence-corrected chi connectivity index (χ1v) is 19.6. The van der Waals surface area contributed by atoms with Gasteiger partial charge in [0.2, 0.25) is 0 Å². The highest BCUT2D eigenvalue weighted by Crippen LogP contribution is 2.67. The average Bonchev–Trinajstić information content (AvgIpc) is 3.82. The van der Waals surface area contributed by atoms with E-state index < -0.39 is 45.4 Å². The lowest BCUT2D eigenvalue weighted by Gasteiger charge is -2.60. The smallest absolute Gasteiger partial charge is 0.322 e. The Morgan fingerprint density at radius 2 is 1.87 bits per heavy atom. The van der Waals surface area contributed by atoms with Gasteiger partial charge in [-0.25, -0.2) is 5.84 Å². The molecule has 5 aliphatic heterocycles. The number of hydrogen-bond acceptors (Lipinski definition) is 10. The molecule has 6 aliphatic rings. The summed E-state index contributed by atoms with van der Waals surface area (Å²) in [7, 11) is 5.04. The number of methoxy groups -OCH3 is 2. The fourth-order valence-corrected chi connectivity index (χ4v) is 12.9. The molecule has 9 rings (SSSR count). The molecule has 2 aromatic carbocycles. The number of ether oxygens (including phenoxy) is 2. The van der Waals surface area contributed by atoms with E-state index in [1.807, 2.05) is 32.2 Å². The van der Waals surface area contributed by atoms with Crippen molar-refractivity contribution in [1.29, 1.82) is 0 Å². The number of hydrazine groups is 1. The number of benzene rings is 2. The fourth-order valence-electron chi connectivity index (χ4n) is 12.9. The van der Waals surface area contributed by atoms with Gasteiger partial charge in [0.05, 0.1) is 25.9 Å². The number of rotatable bonds is 5. The highest BCUT2D eigenvalue weighted by molar-refractivity contribution is 5.95. The molecule has 0 radical (unpaired) electrons. The largest absolute Gasteiger partial charge is 0.496 e. The number of carbonyl (C=O) groups excluding carboxylic acids is 2. The number of carbonyl (C=O) groups is 2. The van der Waals surface area contributed by atoms with E-state index >= 15 is 4.79 Å². The second-order valence-electron chi connectivity index (χ2n) is 17.5. The molecular formula is C43H58N6O6. The van der Waals surface area contributed by atoms with Gasteiger partial charge in [-0.3, -0.25) is 24.8 Å². The van der Waals surface area contributed by atoms with Gasteiger partial charge in [-0.1, -0.05) is 51.6 Å². The van der Waals surface area contributed by atoms with Gasteiger partial charge in [-0.05, 0) is 74.2 Å². The quantitative estimate of drug-likeness (QED) is 0.0860. The van der Waals surface area contributed by atoms with E-state index in [4.69, 9.17) is 15.3 Å². The van der Waals surface area contributed by atoms with Crippen LogP contribution in [-0.4, -0.2) is 114 Å². The van der Waals surface area contributed by atoms with Crippen molar-refractivity contribution in [1.82, 2.24) is 20.2 Å². The Morgan fingerprint density at radius 3 is 2.60 bits per heavy atom. The summed E-state index contributed by atoms with van der Waals surface area (Å²) >= 11 is 0. The number of nitrogens with one attached hydrogen (secondary N) is 2. The number of hydrogen-bond donors (Lipinski definition) is 5. The van der Waals surface area contributed by atoms with Crippen LogP contribution in [0.5, 0.6) is 5.75 Å². The third-order valence-electron chi connectivity index (χ3n) is 14.7. The summed E-state index contributed by atoms with van der Waals surface area (Å²) in [6.45, 7) is 7.83.